The van der Waals surface area contributed by atoms with Crippen molar-refractivity contribution in [3.05, 3.63) is 0 Å². The maximum Gasteiger partial charge on any atom is 0.308 e. The van der Waals surface area contributed by atoms with Crippen molar-refractivity contribution in [1.82, 2.24) is 4.90 Å². The van der Waals surface area contributed by atoms with E-state index in [4.69, 9.17) is 4.74 Å². The number of rotatable bonds is 1. The van der Waals surface area contributed by atoms with Crippen LogP contribution >= 0.6 is 0 Å². The second kappa shape index (κ2) is 6.05. The second-order valence-corrected chi connectivity index (χ2v) is 8.16. The van der Waals surface area contributed by atoms with Crippen LogP contribution in [-0.4, -0.2) is 36.6 Å². The Bertz CT molecular complexity index is 349. The molecular weight excluding hydrogens is 250 g/mol. The molecule has 3 heteroatoms. The van der Waals surface area contributed by atoms with Gasteiger partial charge in [-0.2, -0.15) is 0 Å². The lowest BCUT2D eigenvalue weighted by Gasteiger charge is -2.43. The van der Waals surface area contributed by atoms with Gasteiger partial charge in [0.1, 0.15) is 0 Å². The van der Waals surface area contributed by atoms with Gasteiger partial charge >= 0.3 is 5.97 Å². The number of ether oxygens (including phenoxy) is 1. The average molecular weight is 283 g/mol. The number of carbonyl (C=O) groups is 1. The molecule has 0 saturated carbocycles. The molecule has 0 aromatic rings. The van der Waals surface area contributed by atoms with Gasteiger partial charge in [0, 0.05) is 11.6 Å². The molecule has 0 N–H and O–H groups in total. The molecule has 0 spiro atoms. The van der Waals surface area contributed by atoms with E-state index in [0.717, 1.165) is 19.3 Å². The Hall–Kier alpha value is -0.570. The fourth-order valence-electron chi connectivity index (χ4n) is 4.09. The highest BCUT2D eigenvalue weighted by atomic mass is 16.5. The zero-order chi connectivity index (χ0) is 15.7. The SMILES string of the molecule is COC(=O)C1CC(C)(C)CC(C)(C)N(C)C(C)CC1C. The van der Waals surface area contributed by atoms with Crippen LogP contribution in [0.25, 0.3) is 0 Å². The first kappa shape index (κ1) is 17.5. The Morgan fingerprint density at radius 3 is 2.25 bits per heavy atom. The molecule has 1 heterocycles. The van der Waals surface area contributed by atoms with E-state index >= 15 is 0 Å². The van der Waals surface area contributed by atoms with Gasteiger partial charge in [-0.15, -0.1) is 0 Å². The lowest BCUT2D eigenvalue weighted by atomic mass is 9.72. The van der Waals surface area contributed by atoms with Gasteiger partial charge in [-0.3, -0.25) is 9.69 Å². The molecule has 0 aromatic carbocycles. The fourth-order valence-corrected chi connectivity index (χ4v) is 4.09. The van der Waals surface area contributed by atoms with Gasteiger partial charge in [0.15, 0.2) is 0 Å². The molecule has 1 fully saturated rings. The van der Waals surface area contributed by atoms with Gasteiger partial charge in [0.2, 0.25) is 0 Å². The average Bonchev–Trinajstić information content (AvgIpc) is 2.33. The van der Waals surface area contributed by atoms with E-state index in [1.165, 1.54) is 7.11 Å². The molecule has 0 bridgehead atoms. The van der Waals surface area contributed by atoms with E-state index < -0.39 is 0 Å². The molecule has 0 radical (unpaired) electrons. The summed E-state index contributed by atoms with van der Waals surface area (Å²) in [6, 6.07) is 0.473. The Kier molecular flexibility index (Phi) is 5.29. The van der Waals surface area contributed by atoms with Crippen molar-refractivity contribution in [2.24, 2.45) is 17.3 Å². The number of carbonyl (C=O) groups excluding carboxylic acids is 1. The first-order valence-corrected chi connectivity index (χ1v) is 7.81. The van der Waals surface area contributed by atoms with Crippen LogP contribution in [0, 0.1) is 17.3 Å². The molecule has 1 aliphatic heterocycles. The minimum absolute atomic E-state index is 0.0137. The Morgan fingerprint density at radius 1 is 1.20 bits per heavy atom. The minimum atomic E-state index is -0.0415. The van der Waals surface area contributed by atoms with E-state index in [1.807, 2.05) is 0 Å². The van der Waals surface area contributed by atoms with Crippen LogP contribution in [0.15, 0.2) is 0 Å². The Morgan fingerprint density at radius 2 is 1.75 bits per heavy atom. The van der Waals surface area contributed by atoms with Crippen LogP contribution in [-0.2, 0) is 9.53 Å². The molecule has 20 heavy (non-hydrogen) atoms. The van der Waals surface area contributed by atoms with Crippen LogP contribution in [0.2, 0.25) is 0 Å². The Labute approximate surface area is 125 Å². The fraction of sp³-hybridized carbons (Fsp3) is 0.941. The smallest absolute Gasteiger partial charge is 0.308 e. The standard InChI is InChI=1S/C17H33NO2/c1-12-9-13(2)18(7)17(5,6)11-16(3,4)10-14(12)15(19)20-8/h12-14H,9-11H2,1-8H3. The van der Waals surface area contributed by atoms with Crippen LogP contribution in [0.4, 0.5) is 0 Å². The molecule has 0 amide bonds. The van der Waals surface area contributed by atoms with Crippen molar-refractivity contribution >= 4 is 5.97 Å². The third-order valence-electron chi connectivity index (χ3n) is 5.20. The topological polar surface area (TPSA) is 29.5 Å². The monoisotopic (exact) mass is 283 g/mol. The minimum Gasteiger partial charge on any atom is -0.469 e. The zero-order valence-corrected chi connectivity index (χ0v) is 14.6. The van der Waals surface area contributed by atoms with Crippen molar-refractivity contribution in [3.63, 3.8) is 0 Å². The molecule has 0 aliphatic carbocycles. The summed E-state index contributed by atoms with van der Waals surface area (Å²) in [5.74, 6) is 0.327. The summed E-state index contributed by atoms with van der Waals surface area (Å²) in [4.78, 5) is 14.6. The van der Waals surface area contributed by atoms with Gasteiger partial charge < -0.3 is 4.74 Å². The number of nitrogens with zero attached hydrogens (tertiary/aromatic N) is 1. The quantitative estimate of drug-likeness (QED) is 0.687. The highest BCUT2D eigenvalue weighted by Gasteiger charge is 2.41. The highest BCUT2D eigenvalue weighted by Crippen LogP contribution is 2.42. The van der Waals surface area contributed by atoms with Gasteiger partial charge in [0.05, 0.1) is 13.0 Å². The summed E-state index contributed by atoms with van der Waals surface area (Å²) in [5.41, 5.74) is 0.280. The summed E-state index contributed by atoms with van der Waals surface area (Å²) in [5, 5.41) is 0. The number of hydrogen-bond acceptors (Lipinski definition) is 3. The number of hydrogen-bond donors (Lipinski definition) is 0. The van der Waals surface area contributed by atoms with Gasteiger partial charge in [0.25, 0.3) is 0 Å². The first-order chi connectivity index (χ1) is 9.00. The third kappa shape index (κ3) is 3.97. The summed E-state index contributed by atoms with van der Waals surface area (Å²) < 4.78 is 5.05. The van der Waals surface area contributed by atoms with Crippen molar-refractivity contribution in [2.75, 3.05) is 14.2 Å². The molecule has 3 nitrogen and oxygen atoms in total. The van der Waals surface area contributed by atoms with E-state index in [-0.39, 0.29) is 22.8 Å². The van der Waals surface area contributed by atoms with Crippen molar-refractivity contribution < 1.29 is 9.53 Å². The molecular formula is C17H33NO2. The van der Waals surface area contributed by atoms with Crippen molar-refractivity contribution in [3.8, 4) is 0 Å². The van der Waals surface area contributed by atoms with Crippen LogP contribution < -0.4 is 0 Å². The van der Waals surface area contributed by atoms with E-state index in [9.17, 15) is 4.79 Å². The maximum atomic E-state index is 12.2. The van der Waals surface area contributed by atoms with E-state index in [1.54, 1.807) is 0 Å². The lowest BCUT2D eigenvalue weighted by molar-refractivity contribution is -0.148. The summed E-state index contributed by atoms with van der Waals surface area (Å²) in [6.45, 7) is 13.6. The van der Waals surface area contributed by atoms with Crippen molar-refractivity contribution in [2.45, 2.75) is 72.4 Å². The van der Waals surface area contributed by atoms with Gasteiger partial charge in [-0.05, 0) is 58.4 Å². The third-order valence-corrected chi connectivity index (χ3v) is 5.20. The number of esters is 1. The largest absolute Gasteiger partial charge is 0.469 e. The predicted octanol–water partition coefficient (Wildman–Crippen LogP) is 3.72. The summed E-state index contributed by atoms with van der Waals surface area (Å²) in [6.07, 6.45) is 3.03. The van der Waals surface area contributed by atoms with Crippen LogP contribution in [0.1, 0.15) is 60.8 Å². The number of methoxy groups -OCH3 is 1. The molecule has 118 valence electrons. The van der Waals surface area contributed by atoms with Gasteiger partial charge in [-0.25, -0.2) is 0 Å². The zero-order valence-electron chi connectivity index (χ0n) is 14.6. The molecule has 0 aromatic heterocycles. The molecule has 1 rings (SSSR count). The maximum absolute atomic E-state index is 12.2. The van der Waals surface area contributed by atoms with Gasteiger partial charge in [-0.1, -0.05) is 20.8 Å². The highest BCUT2D eigenvalue weighted by molar-refractivity contribution is 5.72. The second-order valence-electron chi connectivity index (χ2n) is 8.16. The normalized spacial score (nSPS) is 34.7. The van der Waals surface area contributed by atoms with Crippen LogP contribution in [0.3, 0.4) is 0 Å². The summed E-state index contributed by atoms with van der Waals surface area (Å²) >= 11 is 0. The first-order valence-electron chi connectivity index (χ1n) is 7.81. The summed E-state index contributed by atoms with van der Waals surface area (Å²) in [7, 11) is 3.72. The van der Waals surface area contributed by atoms with E-state index in [0.29, 0.717) is 12.0 Å². The molecule has 3 atom stereocenters. The molecule has 3 unspecified atom stereocenters. The van der Waals surface area contributed by atoms with Crippen molar-refractivity contribution in [1.29, 1.82) is 0 Å². The predicted molar refractivity (Wildman–Crippen MR) is 83.6 cm³/mol. The lowest BCUT2D eigenvalue weighted by Crippen LogP contribution is -2.48. The van der Waals surface area contributed by atoms with Crippen LogP contribution in [0.5, 0.6) is 0 Å². The molecule has 1 saturated heterocycles. The van der Waals surface area contributed by atoms with E-state index in [2.05, 4.69) is 53.5 Å². The molecule has 1 aliphatic rings. The Balaban J connectivity index is 3.11.